The van der Waals surface area contributed by atoms with Gasteiger partial charge in [-0.1, -0.05) is 60.7 Å². The standard InChI is InChI=1S/C28H30O6/c29-28(27(22-7-3-1-4-8-22)23-9-5-2-6-10-23)24-11-12-25-26(21-24)34-20-18-32-16-14-30-13-15-31-17-19-33-25/h1-12,21,27H,13-20H2. The monoisotopic (exact) mass is 462 g/mol. The van der Waals surface area contributed by atoms with E-state index in [0.717, 1.165) is 11.1 Å². The largest absolute Gasteiger partial charge is 0.487 e. The Bertz CT molecular complexity index is 982. The summed E-state index contributed by atoms with van der Waals surface area (Å²) in [7, 11) is 0. The van der Waals surface area contributed by atoms with E-state index in [1.807, 2.05) is 60.7 Å². The molecule has 0 bridgehead atoms. The summed E-state index contributed by atoms with van der Waals surface area (Å²) in [6.07, 6.45) is 0. The maximum absolute atomic E-state index is 13.8. The van der Waals surface area contributed by atoms with Crippen LogP contribution >= 0.6 is 0 Å². The van der Waals surface area contributed by atoms with E-state index in [2.05, 4.69) is 0 Å². The van der Waals surface area contributed by atoms with Crippen LogP contribution in [0.4, 0.5) is 0 Å². The van der Waals surface area contributed by atoms with Crippen molar-refractivity contribution in [2.24, 2.45) is 0 Å². The van der Waals surface area contributed by atoms with Gasteiger partial charge >= 0.3 is 0 Å². The van der Waals surface area contributed by atoms with Crippen molar-refractivity contribution in [2.75, 3.05) is 52.9 Å². The van der Waals surface area contributed by atoms with Crippen LogP contribution in [-0.2, 0) is 14.2 Å². The number of Topliss-reactive ketones (excluding diaryl/α,β-unsaturated/α-hetero) is 1. The van der Waals surface area contributed by atoms with Crippen molar-refractivity contribution in [1.82, 2.24) is 0 Å². The smallest absolute Gasteiger partial charge is 0.174 e. The first kappa shape index (κ1) is 24.0. The van der Waals surface area contributed by atoms with Crippen molar-refractivity contribution in [3.63, 3.8) is 0 Å². The van der Waals surface area contributed by atoms with E-state index < -0.39 is 5.92 Å². The van der Waals surface area contributed by atoms with Gasteiger partial charge in [0.15, 0.2) is 17.3 Å². The third-order valence-corrected chi connectivity index (χ3v) is 5.47. The number of benzene rings is 3. The minimum Gasteiger partial charge on any atom is -0.487 e. The molecule has 34 heavy (non-hydrogen) atoms. The predicted octanol–water partition coefficient (Wildman–Crippen LogP) is 4.52. The molecule has 0 aromatic heterocycles. The van der Waals surface area contributed by atoms with Gasteiger partial charge in [-0.25, -0.2) is 0 Å². The highest BCUT2D eigenvalue weighted by atomic mass is 16.6. The second-order valence-corrected chi connectivity index (χ2v) is 7.81. The fraction of sp³-hybridized carbons (Fsp3) is 0.321. The molecule has 0 aliphatic carbocycles. The Morgan fingerprint density at radius 1 is 0.559 bits per heavy atom. The van der Waals surface area contributed by atoms with Crippen LogP contribution in [0.2, 0.25) is 0 Å². The molecule has 0 amide bonds. The Morgan fingerprint density at radius 2 is 1.03 bits per heavy atom. The summed E-state index contributed by atoms with van der Waals surface area (Å²) < 4.78 is 28.4. The zero-order valence-electron chi connectivity index (χ0n) is 19.2. The molecule has 1 aliphatic rings. The lowest BCUT2D eigenvalue weighted by molar-refractivity contribution is 0.00708. The van der Waals surface area contributed by atoms with Gasteiger partial charge in [-0.2, -0.15) is 0 Å². The van der Waals surface area contributed by atoms with E-state index in [-0.39, 0.29) is 5.78 Å². The fourth-order valence-corrected chi connectivity index (χ4v) is 3.81. The Labute approximate surface area is 200 Å². The fourth-order valence-electron chi connectivity index (χ4n) is 3.81. The van der Waals surface area contributed by atoms with Gasteiger partial charge in [0, 0.05) is 5.56 Å². The van der Waals surface area contributed by atoms with Crippen LogP contribution in [0.1, 0.15) is 27.4 Å². The second-order valence-electron chi connectivity index (χ2n) is 7.81. The second kappa shape index (κ2) is 12.9. The lowest BCUT2D eigenvalue weighted by Gasteiger charge is -2.19. The lowest BCUT2D eigenvalue weighted by atomic mass is 9.85. The van der Waals surface area contributed by atoms with Gasteiger partial charge in [-0.05, 0) is 29.3 Å². The third kappa shape index (κ3) is 6.67. The molecule has 6 heteroatoms. The van der Waals surface area contributed by atoms with Crippen molar-refractivity contribution in [2.45, 2.75) is 5.92 Å². The summed E-state index contributed by atoms with van der Waals surface area (Å²) in [6.45, 7) is 3.57. The van der Waals surface area contributed by atoms with E-state index in [1.54, 1.807) is 18.2 Å². The molecule has 3 aromatic rings. The van der Waals surface area contributed by atoms with Crippen LogP contribution in [0, 0.1) is 0 Å². The van der Waals surface area contributed by atoms with Gasteiger partial charge in [-0.3, -0.25) is 4.79 Å². The highest BCUT2D eigenvalue weighted by molar-refractivity contribution is 6.03. The summed E-state index contributed by atoms with van der Waals surface area (Å²) in [6, 6.07) is 25.0. The zero-order chi connectivity index (χ0) is 23.4. The van der Waals surface area contributed by atoms with Gasteiger partial charge in [-0.15, -0.1) is 0 Å². The molecule has 178 valence electrons. The Balaban J connectivity index is 1.59. The number of fused-ring (bicyclic) bond motifs is 1. The first-order valence-corrected chi connectivity index (χ1v) is 11.6. The molecular weight excluding hydrogens is 432 g/mol. The molecule has 0 unspecified atom stereocenters. The van der Waals surface area contributed by atoms with E-state index in [0.29, 0.717) is 69.9 Å². The van der Waals surface area contributed by atoms with Crippen LogP contribution in [-0.4, -0.2) is 58.6 Å². The Morgan fingerprint density at radius 3 is 1.56 bits per heavy atom. The van der Waals surface area contributed by atoms with Crippen LogP contribution in [0.15, 0.2) is 78.9 Å². The molecule has 0 spiro atoms. The molecule has 4 rings (SSSR count). The number of rotatable bonds is 4. The number of carbonyl (C=O) groups is 1. The van der Waals surface area contributed by atoms with E-state index in [1.165, 1.54) is 0 Å². The van der Waals surface area contributed by atoms with Crippen molar-refractivity contribution in [3.8, 4) is 11.5 Å². The highest BCUT2D eigenvalue weighted by Gasteiger charge is 2.25. The third-order valence-electron chi connectivity index (χ3n) is 5.47. The lowest BCUT2D eigenvalue weighted by Crippen LogP contribution is -2.15. The van der Waals surface area contributed by atoms with Crippen LogP contribution in [0.25, 0.3) is 0 Å². The van der Waals surface area contributed by atoms with Crippen LogP contribution < -0.4 is 9.47 Å². The number of hydrogen-bond acceptors (Lipinski definition) is 6. The maximum Gasteiger partial charge on any atom is 0.174 e. The number of hydrogen-bond donors (Lipinski definition) is 0. The quantitative estimate of drug-likeness (QED) is 0.531. The summed E-state index contributed by atoms with van der Waals surface area (Å²) in [5, 5.41) is 0. The van der Waals surface area contributed by atoms with Gasteiger partial charge in [0.25, 0.3) is 0 Å². The normalized spacial score (nSPS) is 15.8. The Kier molecular flexibility index (Phi) is 9.08. The summed E-state index contributed by atoms with van der Waals surface area (Å²) in [5.74, 6) is 0.666. The maximum atomic E-state index is 13.8. The molecule has 1 heterocycles. The van der Waals surface area contributed by atoms with E-state index in [9.17, 15) is 4.79 Å². The SMILES string of the molecule is O=C(c1ccc2c(c1)OCCOCCOCCOCCO2)C(c1ccccc1)c1ccccc1. The molecule has 6 nitrogen and oxygen atoms in total. The van der Waals surface area contributed by atoms with E-state index >= 15 is 0 Å². The van der Waals surface area contributed by atoms with E-state index in [4.69, 9.17) is 23.7 Å². The molecule has 0 saturated heterocycles. The van der Waals surface area contributed by atoms with Crippen molar-refractivity contribution in [1.29, 1.82) is 0 Å². The number of ether oxygens (including phenoxy) is 5. The van der Waals surface area contributed by atoms with Gasteiger partial charge in [0.2, 0.25) is 0 Å². The zero-order valence-corrected chi connectivity index (χ0v) is 19.2. The first-order valence-electron chi connectivity index (χ1n) is 11.6. The predicted molar refractivity (Wildman–Crippen MR) is 129 cm³/mol. The molecule has 3 aromatic carbocycles. The molecule has 0 N–H and O–H groups in total. The summed E-state index contributed by atoms with van der Waals surface area (Å²) >= 11 is 0. The topological polar surface area (TPSA) is 63.2 Å². The molecule has 0 atom stereocenters. The Hall–Kier alpha value is -3.19. The highest BCUT2D eigenvalue weighted by Crippen LogP contribution is 2.33. The molecule has 1 aliphatic heterocycles. The van der Waals surface area contributed by atoms with Gasteiger partial charge in [0.05, 0.1) is 45.6 Å². The molecule has 0 saturated carbocycles. The van der Waals surface area contributed by atoms with Crippen LogP contribution in [0.5, 0.6) is 11.5 Å². The minimum absolute atomic E-state index is 0.00331. The van der Waals surface area contributed by atoms with Crippen molar-refractivity contribution >= 4 is 5.78 Å². The van der Waals surface area contributed by atoms with Crippen molar-refractivity contribution in [3.05, 3.63) is 95.6 Å². The number of carbonyl (C=O) groups excluding carboxylic acids is 1. The average molecular weight is 463 g/mol. The summed E-state index contributed by atoms with van der Waals surface area (Å²) in [4.78, 5) is 13.8. The summed E-state index contributed by atoms with van der Waals surface area (Å²) in [5.41, 5.74) is 2.45. The molecular formula is C28H30O6. The van der Waals surface area contributed by atoms with Crippen LogP contribution in [0.3, 0.4) is 0 Å². The van der Waals surface area contributed by atoms with Gasteiger partial charge in [0.1, 0.15) is 13.2 Å². The molecule has 0 radical (unpaired) electrons. The van der Waals surface area contributed by atoms with Gasteiger partial charge < -0.3 is 23.7 Å². The number of ketones is 1. The van der Waals surface area contributed by atoms with Crippen molar-refractivity contribution < 1.29 is 28.5 Å². The average Bonchev–Trinajstić information content (AvgIpc) is 2.89. The first-order chi connectivity index (χ1) is 16.8. The minimum atomic E-state index is -0.416. The molecule has 0 fully saturated rings.